The molecule has 2 aromatic heterocycles. The third-order valence-electron chi connectivity index (χ3n) is 1.18. The average Bonchev–Trinajstić information content (AvgIpc) is 2.72. The van der Waals surface area contributed by atoms with Gasteiger partial charge in [-0.1, -0.05) is 39.2 Å². The Bertz CT molecular complexity index is 373. The molecule has 0 amide bonds. The van der Waals surface area contributed by atoms with E-state index in [1.807, 2.05) is 0 Å². The van der Waals surface area contributed by atoms with Crippen LogP contribution >= 0.6 is 46.2 Å². The Morgan fingerprint density at radius 2 is 2.38 bits per heavy atom. The molecule has 2 heterocycles. The first-order valence-electron chi connectivity index (χ1n) is 3.22. The summed E-state index contributed by atoms with van der Waals surface area (Å²) in [5.41, 5.74) is 1.70. The van der Waals surface area contributed by atoms with Crippen LogP contribution in [0, 0.1) is 0 Å². The van der Waals surface area contributed by atoms with Gasteiger partial charge in [0.15, 0.2) is 9.49 Å². The highest BCUT2D eigenvalue weighted by Gasteiger charge is 2.06. The van der Waals surface area contributed by atoms with Gasteiger partial charge in [-0.15, -0.1) is 15.3 Å². The van der Waals surface area contributed by atoms with Gasteiger partial charge in [0.1, 0.15) is 5.51 Å². The molecule has 0 saturated carbocycles. The molecule has 0 fully saturated rings. The minimum Gasteiger partial charge on any atom is -0.146 e. The summed E-state index contributed by atoms with van der Waals surface area (Å²) in [6, 6.07) is 0. The van der Waals surface area contributed by atoms with Crippen molar-refractivity contribution in [2.75, 3.05) is 0 Å². The molecule has 2 aromatic rings. The fraction of sp³-hybridized carbons (Fsp3) is 0.200. The molecule has 2 rings (SSSR count). The first-order chi connectivity index (χ1) is 6.36. The quantitative estimate of drug-likeness (QED) is 0.783. The molecule has 0 atom stereocenters. The molecule has 0 aromatic carbocycles. The summed E-state index contributed by atoms with van der Waals surface area (Å²) in [5, 5.41) is 11.8. The van der Waals surface area contributed by atoms with Gasteiger partial charge in [0, 0.05) is 5.75 Å². The zero-order chi connectivity index (χ0) is 9.10. The highest BCUT2D eigenvalue weighted by Crippen LogP contribution is 2.27. The Balaban J connectivity index is 1.97. The fourth-order valence-electron chi connectivity index (χ4n) is 0.638. The third-order valence-corrected chi connectivity index (χ3v) is 4.38. The van der Waals surface area contributed by atoms with E-state index in [2.05, 4.69) is 19.8 Å². The van der Waals surface area contributed by atoms with Crippen molar-refractivity contribution in [1.29, 1.82) is 0 Å². The molecule has 0 bridgehead atoms. The van der Waals surface area contributed by atoms with Gasteiger partial charge in [0.05, 0.1) is 4.88 Å². The van der Waals surface area contributed by atoms with Crippen LogP contribution in [0.5, 0.6) is 0 Å². The molecule has 0 aliphatic heterocycles. The molecule has 0 spiro atoms. The van der Waals surface area contributed by atoms with Crippen molar-refractivity contribution in [3.63, 3.8) is 0 Å². The molecule has 4 nitrogen and oxygen atoms in total. The van der Waals surface area contributed by atoms with Crippen molar-refractivity contribution in [2.45, 2.75) is 10.1 Å². The predicted octanol–water partition coefficient (Wildman–Crippen LogP) is 2.34. The standard InChI is InChI=1S/C5H3ClN4S3/c6-4-3(13-10-8-4)1-11-5-9-7-2-12-5/h2H,1H2. The van der Waals surface area contributed by atoms with E-state index in [0.29, 0.717) is 5.15 Å². The lowest BCUT2D eigenvalue weighted by Gasteiger charge is -1.91. The van der Waals surface area contributed by atoms with Crippen LogP contribution < -0.4 is 0 Å². The summed E-state index contributed by atoms with van der Waals surface area (Å²) in [4.78, 5) is 0.974. The van der Waals surface area contributed by atoms with E-state index in [-0.39, 0.29) is 0 Å². The van der Waals surface area contributed by atoms with Crippen molar-refractivity contribution >= 4 is 46.2 Å². The highest BCUT2D eigenvalue weighted by atomic mass is 35.5. The van der Waals surface area contributed by atoms with Gasteiger partial charge in [0.2, 0.25) is 0 Å². The van der Waals surface area contributed by atoms with Gasteiger partial charge in [-0.2, -0.15) is 0 Å². The van der Waals surface area contributed by atoms with Gasteiger partial charge in [0.25, 0.3) is 0 Å². The molecule has 0 unspecified atom stereocenters. The SMILES string of the molecule is Clc1nnsc1CSc1nncs1. The van der Waals surface area contributed by atoms with Crippen molar-refractivity contribution in [3.8, 4) is 0 Å². The smallest absolute Gasteiger partial charge is 0.146 e. The second-order valence-corrected chi connectivity index (χ2v) is 5.23. The summed E-state index contributed by atoms with van der Waals surface area (Å²) < 4.78 is 4.67. The third kappa shape index (κ3) is 2.37. The van der Waals surface area contributed by atoms with E-state index in [0.717, 1.165) is 15.0 Å². The maximum absolute atomic E-state index is 5.77. The van der Waals surface area contributed by atoms with Crippen LogP contribution in [-0.2, 0) is 5.75 Å². The lowest BCUT2D eigenvalue weighted by Crippen LogP contribution is -1.76. The molecule has 0 N–H and O–H groups in total. The fourth-order valence-corrected chi connectivity index (χ4v) is 3.05. The van der Waals surface area contributed by atoms with Gasteiger partial charge >= 0.3 is 0 Å². The Morgan fingerprint density at radius 1 is 1.46 bits per heavy atom. The first kappa shape index (κ1) is 9.32. The maximum atomic E-state index is 5.77. The summed E-state index contributed by atoms with van der Waals surface area (Å²) >= 11 is 10.2. The lowest BCUT2D eigenvalue weighted by molar-refractivity contribution is 1.01. The van der Waals surface area contributed by atoms with Crippen LogP contribution in [0.25, 0.3) is 0 Å². The van der Waals surface area contributed by atoms with E-state index in [1.54, 1.807) is 17.3 Å². The Kier molecular flexibility index (Phi) is 3.09. The van der Waals surface area contributed by atoms with E-state index >= 15 is 0 Å². The van der Waals surface area contributed by atoms with Crippen LogP contribution in [0.3, 0.4) is 0 Å². The van der Waals surface area contributed by atoms with Gasteiger partial charge in [-0.05, 0) is 11.5 Å². The molecular weight excluding hydrogens is 248 g/mol. The highest BCUT2D eigenvalue weighted by molar-refractivity contribution is 8.00. The molecule has 0 aliphatic rings. The number of halogens is 1. The number of aromatic nitrogens is 4. The van der Waals surface area contributed by atoms with Crippen molar-refractivity contribution < 1.29 is 0 Å². The molecule has 13 heavy (non-hydrogen) atoms. The number of thioether (sulfide) groups is 1. The van der Waals surface area contributed by atoms with E-state index < -0.39 is 0 Å². The number of hydrogen-bond acceptors (Lipinski definition) is 7. The van der Waals surface area contributed by atoms with E-state index in [9.17, 15) is 0 Å². The van der Waals surface area contributed by atoms with Crippen molar-refractivity contribution in [3.05, 3.63) is 15.5 Å². The maximum Gasteiger partial charge on any atom is 0.174 e. The monoisotopic (exact) mass is 250 g/mol. The molecule has 68 valence electrons. The average molecular weight is 251 g/mol. The summed E-state index contributed by atoms with van der Waals surface area (Å²) in [7, 11) is 0. The predicted molar refractivity (Wildman–Crippen MR) is 54.4 cm³/mol. The summed E-state index contributed by atoms with van der Waals surface area (Å²) in [5.74, 6) is 0.756. The van der Waals surface area contributed by atoms with Crippen LogP contribution in [0.15, 0.2) is 9.85 Å². The number of hydrogen-bond donors (Lipinski definition) is 0. The molecule has 0 saturated heterocycles. The molecule has 0 aliphatic carbocycles. The van der Waals surface area contributed by atoms with Crippen molar-refractivity contribution in [1.82, 2.24) is 19.8 Å². The minimum atomic E-state index is 0.488. The van der Waals surface area contributed by atoms with Gasteiger partial charge in [-0.25, -0.2) is 0 Å². The normalized spacial score (nSPS) is 10.5. The Hall–Kier alpha value is -0.240. The summed E-state index contributed by atoms with van der Waals surface area (Å²) in [6.45, 7) is 0. The Labute approximate surface area is 91.5 Å². The lowest BCUT2D eigenvalue weighted by atomic mass is 10.6. The number of nitrogens with zero attached hydrogens (tertiary/aromatic N) is 4. The van der Waals surface area contributed by atoms with Crippen LogP contribution in [0.1, 0.15) is 4.88 Å². The van der Waals surface area contributed by atoms with E-state index in [1.165, 1.54) is 22.9 Å². The van der Waals surface area contributed by atoms with Crippen molar-refractivity contribution in [2.24, 2.45) is 0 Å². The van der Waals surface area contributed by atoms with Crippen LogP contribution in [-0.4, -0.2) is 19.8 Å². The minimum absolute atomic E-state index is 0.488. The summed E-state index contributed by atoms with van der Waals surface area (Å²) in [6.07, 6.45) is 0. The number of rotatable bonds is 3. The zero-order valence-corrected chi connectivity index (χ0v) is 9.38. The second kappa shape index (κ2) is 4.32. The Morgan fingerprint density at radius 3 is 3.00 bits per heavy atom. The van der Waals surface area contributed by atoms with Crippen LogP contribution in [0.2, 0.25) is 5.15 Å². The molecule has 0 radical (unpaired) electrons. The zero-order valence-electron chi connectivity index (χ0n) is 6.18. The van der Waals surface area contributed by atoms with Crippen LogP contribution in [0.4, 0.5) is 0 Å². The molecular formula is C5H3ClN4S3. The topological polar surface area (TPSA) is 51.6 Å². The van der Waals surface area contributed by atoms with Gasteiger partial charge < -0.3 is 0 Å². The van der Waals surface area contributed by atoms with Gasteiger partial charge in [-0.3, -0.25) is 0 Å². The molecule has 8 heteroatoms. The first-order valence-corrected chi connectivity index (χ1v) is 6.23. The largest absolute Gasteiger partial charge is 0.174 e. The van der Waals surface area contributed by atoms with E-state index in [4.69, 9.17) is 11.6 Å². The second-order valence-electron chi connectivity index (χ2n) is 1.98.